The van der Waals surface area contributed by atoms with E-state index < -0.39 is 11.7 Å². The molecule has 0 aromatic carbocycles. The fourth-order valence-electron chi connectivity index (χ4n) is 1.74. The van der Waals surface area contributed by atoms with Gasteiger partial charge in [0.05, 0.1) is 5.60 Å². The minimum atomic E-state index is -0.798. The van der Waals surface area contributed by atoms with Gasteiger partial charge in [-0.25, -0.2) is 4.79 Å². The molecular formula is C12H26N2O3. The van der Waals surface area contributed by atoms with E-state index in [9.17, 15) is 4.79 Å². The number of carboxylic acid groups (broad SMARTS) is 1. The Labute approximate surface area is 104 Å². The van der Waals surface area contributed by atoms with Crippen LogP contribution in [0.2, 0.25) is 0 Å². The highest BCUT2D eigenvalue weighted by Crippen LogP contribution is 2.18. The lowest BCUT2D eigenvalue weighted by Gasteiger charge is -2.33. The number of aliphatic hydroxyl groups is 1. The summed E-state index contributed by atoms with van der Waals surface area (Å²) in [6, 6.07) is 0.168. The predicted molar refractivity (Wildman–Crippen MR) is 68.0 cm³/mol. The van der Waals surface area contributed by atoms with E-state index in [2.05, 4.69) is 0 Å². The van der Waals surface area contributed by atoms with Crippen molar-refractivity contribution in [3.8, 4) is 0 Å². The van der Waals surface area contributed by atoms with E-state index in [0.717, 1.165) is 25.7 Å². The zero-order valence-corrected chi connectivity index (χ0v) is 11.1. The second-order valence-corrected chi connectivity index (χ2v) is 5.37. The standard InChI is InChI=1S/C8H16N2O2.C4H10O/c9-5-4-7-3-1-2-6-10(7)8(11)12;1-4(2,3)5/h7H,1-6,9H2,(H,11,12);5H,1-3H3. The van der Waals surface area contributed by atoms with E-state index in [1.807, 2.05) is 0 Å². The van der Waals surface area contributed by atoms with E-state index in [1.165, 1.54) is 4.90 Å². The van der Waals surface area contributed by atoms with E-state index in [4.69, 9.17) is 15.9 Å². The summed E-state index contributed by atoms with van der Waals surface area (Å²) < 4.78 is 0. The van der Waals surface area contributed by atoms with Crippen molar-refractivity contribution in [2.75, 3.05) is 13.1 Å². The van der Waals surface area contributed by atoms with Gasteiger partial charge in [-0.05, 0) is 53.0 Å². The number of piperidine rings is 1. The zero-order valence-electron chi connectivity index (χ0n) is 11.1. The molecule has 17 heavy (non-hydrogen) atoms. The van der Waals surface area contributed by atoms with E-state index in [-0.39, 0.29) is 6.04 Å². The lowest BCUT2D eigenvalue weighted by Crippen LogP contribution is -2.43. The van der Waals surface area contributed by atoms with Gasteiger partial charge in [0.2, 0.25) is 0 Å². The Morgan fingerprint density at radius 2 is 1.94 bits per heavy atom. The third-order valence-electron chi connectivity index (χ3n) is 2.37. The minimum Gasteiger partial charge on any atom is -0.465 e. The van der Waals surface area contributed by atoms with Crippen LogP contribution >= 0.6 is 0 Å². The average Bonchev–Trinajstić information content (AvgIpc) is 2.16. The van der Waals surface area contributed by atoms with Crippen molar-refractivity contribution < 1.29 is 15.0 Å². The SMILES string of the molecule is CC(C)(C)O.NCCC1CCCCN1C(=O)O. The number of nitrogens with two attached hydrogens (primary N) is 1. The maximum absolute atomic E-state index is 10.7. The first-order chi connectivity index (χ1) is 7.75. The lowest BCUT2D eigenvalue weighted by molar-refractivity contribution is 0.101. The summed E-state index contributed by atoms with van der Waals surface area (Å²) in [4.78, 5) is 12.2. The zero-order chi connectivity index (χ0) is 13.5. The molecule has 0 aliphatic carbocycles. The first-order valence-corrected chi connectivity index (χ1v) is 6.17. The smallest absolute Gasteiger partial charge is 0.407 e. The van der Waals surface area contributed by atoms with Crippen LogP contribution in [-0.4, -0.2) is 45.9 Å². The molecule has 4 N–H and O–H groups in total. The molecule has 1 aliphatic heterocycles. The molecule has 1 amide bonds. The molecular weight excluding hydrogens is 220 g/mol. The highest BCUT2D eigenvalue weighted by Gasteiger charge is 2.25. The normalized spacial score (nSPS) is 20.5. The monoisotopic (exact) mass is 246 g/mol. The highest BCUT2D eigenvalue weighted by atomic mass is 16.4. The Kier molecular flexibility index (Phi) is 7.15. The Balaban J connectivity index is 0.000000437. The largest absolute Gasteiger partial charge is 0.465 e. The third kappa shape index (κ3) is 8.94. The molecule has 1 fully saturated rings. The van der Waals surface area contributed by atoms with Crippen LogP contribution in [0.1, 0.15) is 46.5 Å². The van der Waals surface area contributed by atoms with Gasteiger partial charge in [-0.3, -0.25) is 0 Å². The molecule has 5 heteroatoms. The van der Waals surface area contributed by atoms with Crippen molar-refractivity contribution in [2.45, 2.75) is 58.1 Å². The molecule has 1 unspecified atom stereocenters. The van der Waals surface area contributed by atoms with Gasteiger partial charge >= 0.3 is 6.09 Å². The van der Waals surface area contributed by atoms with Crippen molar-refractivity contribution >= 4 is 6.09 Å². The molecule has 0 spiro atoms. The minimum absolute atomic E-state index is 0.168. The predicted octanol–water partition coefficient (Wildman–Crippen LogP) is 1.64. The summed E-state index contributed by atoms with van der Waals surface area (Å²) in [5, 5.41) is 17.3. The van der Waals surface area contributed by atoms with Crippen LogP contribution in [0, 0.1) is 0 Å². The van der Waals surface area contributed by atoms with Crippen LogP contribution < -0.4 is 5.73 Å². The van der Waals surface area contributed by atoms with Crippen LogP contribution in [-0.2, 0) is 0 Å². The van der Waals surface area contributed by atoms with Crippen LogP contribution in [0.15, 0.2) is 0 Å². The average molecular weight is 246 g/mol. The summed E-state index contributed by atoms with van der Waals surface area (Å²) in [5.74, 6) is 0. The number of nitrogens with zero attached hydrogens (tertiary/aromatic N) is 1. The van der Waals surface area contributed by atoms with E-state index >= 15 is 0 Å². The van der Waals surface area contributed by atoms with Gasteiger partial charge in [0.1, 0.15) is 0 Å². The maximum atomic E-state index is 10.7. The van der Waals surface area contributed by atoms with Gasteiger partial charge < -0.3 is 20.8 Å². The van der Waals surface area contributed by atoms with Crippen molar-refractivity contribution in [3.05, 3.63) is 0 Å². The summed E-state index contributed by atoms with van der Waals surface area (Å²) >= 11 is 0. The molecule has 1 atom stereocenters. The highest BCUT2D eigenvalue weighted by molar-refractivity contribution is 5.65. The van der Waals surface area contributed by atoms with Gasteiger partial charge in [0, 0.05) is 12.6 Å². The summed E-state index contributed by atoms with van der Waals surface area (Å²) in [5.41, 5.74) is 4.90. The molecule has 0 bridgehead atoms. The van der Waals surface area contributed by atoms with Crippen LogP contribution in [0.3, 0.4) is 0 Å². The number of carbonyl (C=O) groups is 1. The lowest BCUT2D eigenvalue weighted by atomic mass is 10.0. The Morgan fingerprint density at radius 1 is 1.41 bits per heavy atom. The number of hydrogen-bond donors (Lipinski definition) is 3. The molecule has 1 aliphatic rings. The topological polar surface area (TPSA) is 86.8 Å². The summed E-state index contributed by atoms with van der Waals surface area (Å²) in [6.07, 6.45) is 3.10. The van der Waals surface area contributed by atoms with Crippen LogP contribution in [0.5, 0.6) is 0 Å². The second-order valence-electron chi connectivity index (χ2n) is 5.37. The number of amides is 1. The molecule has 1 heterocycles. The fraction of sp³-hybridized carbons (Fsp3) is 0.917. The Hall–Kier alpha value is -0.810. The van der Waals surface area contributed by atoms with Gasteiger partial charge in [0.15, 0.2) is 0 Å². The Bertz CT molecular complexity index is 218. The second kappa shape index (κ2) is 7.50. The van der Waals surface area contributed by atoms with Crippen LogP contribution in [0.25, 0.3) is 0 Å². The third-order valence-corrected chi connectivity index (χ3v) is 2.37. The summed E-state index contributed by atoms with van der Waals surface area (Å²) in [6.45, 7) is 6.49. The van der Waals surface area contributed by atoms with Crippen molar-refractivity contribution in [1.29, 1.82) is 0 Å². The van der Waals surface area contributed by atoms with Gasteiger partial charge in [0.25, 0.3) is 0 Å². The molecule has 1 rings (SSSR count). The first-order valence-electron chi connectivity index (χ1n) is 6.17. The van der Waals surface area contributed by atoms with Crippen molar-refractivity contribution in [2.24, 2.45) is 5.73 Å². The molecule has 102 valence electrons. The first kappa shape index (κ1) is 16.2. The summed E-state index contributed by atoms with van der Waals surface area (Å²) in [7, 11) is 0. The molecule has 0 aromatic heterocycles. The number of likely N-dealkylation sites (tertiary alicyclic amines) is 1. The fourth-order valence-corrected chi connectivity index (χ4v) is 1.74. The maximum Gasteiger partial charge on any atom is 0.407 e. The van der Waals surface area contributed by atoms with E-state index in [0.29, 0.717) is 13.1 Å². The molecule has 0 saturated carbocycles. The Morgan fingerprint density at radius 3 is 2.35 bits per heavy atom. The molecule has 0 radical (unpaired) electrons. The molecule has 1 saturated heterocycles. The van der Waals surface area contributed by atoms with Gasteiger partial charge in [-0.2, -0.15) is 0 Å². The van der Waals surface area contributed by atoms with E-state index in [1.54, 1.807) is 20.8 Å². The number of rotatable bonds is 2. The van der Waals surface area contributed by atoms with Gasteiger partial charge in [-0.1, -0.05) is 0 Å². The van der Waals surface area contributed by atoms with Crippen molar-refractivity contribution in [1.82, 2.24) is 4.90 Å². The van der Waals surface area contributed by atoms with Crippen molar-refractivity contribution in [3.63, 3.8) is 0 Å². The van der Waals surface area contributed by atoms with Gasteiger partial charge in [-0.15, -0.1) is 0 Å². The number of hydrogen-bond acceptors (Lipinski definition) is 3. The quantitative estimate of drug-likeness (QED) is 0.691. The van der Waals surface area contributed by atoms with Crippen LogP contribution in [0.4, 0.5) is 4.79 Å². The molecule has 0 aromatic rings. The molecule has 5 nitrogen and oxygen atoms in total.